The number of carbonyl (C=O) groups excluding carboxylic acids is 1. The van der Waals surface area contributed by atoms with Crippen molar-refractivity contribution >= 4 is 122 Å². The molecule has 0 saturated carbocycles. The average molecular weight is 1980 g/mol. The van der Waals surface area contributed by atoms with Crippen molar-refractivity contribution in [3.05, 3.63) is 323 Å². The second-order valence-electron chi connectivity index (χ2n) is 25.2. The number of carbonyl (C=O) groups is 1. The number of H-pyrrole nitrogens is 1. The van der Waals surface area contributed by atoms with E-state index in [0.29, 0.717) is 103 Å². The first kappa shape index (κ1) is 119. The Morgan fingerprint density at radius 1 is 0.484 bits per heavy atom. The van der Waals surface area contributed by atoms with Crippen LogP contribution in [0.4, 0.5) is 0 Å². The molecule has 0 unspecified atom stereocenters. The zero-order valence-corrected chi connectivity index (χ0v) is 71.4. The molecule has 0 bridgehead atoms. The van der Waals surface area contributed by atoms with E-state index >= 15 is 0 Å². The first-order valence-corrected chi connectivity index (χ1v) is 41.0. The van der Waals surface area contributed by atoms with Crippen molar-refractivity contribution in [2.75, 3.05) is 14.2 Å². The minimum absolute atomic E-state index is 0. The summed E-state index contributed by atoms with van der Waals surface area (Å²) in [7, 11) is 1.36. The zero-order valence-electron chi connectivity index (χ0n) is 62.9. The van der Waals surface area contributed by atoms with E-state index in [1.165, 1.54) is 64.1 Å². The Balaban J connectivity index is -0.000000666. The lowest BCUT2D eigenvalue weighted by molar-refractivity contribution is 0.111. The molecule has 6 N–H and O–H groups in total. The summed E-state index contributed by atoms with van der Waals surface area (Å²) in [6, 6.07) is 47.8. The van der Waals surface area contributed by atoms with Gasteiger partial charge in [-0.15, -0.1) is 0 Å². The molecule has 12 rings (SSSR count). The second-order valence-corrected chi connectivity index (χ2v) is 34.8. The van der Waals surface area contributed by atoms with Crippen LogP contribution in [0.2, 0.25) is 41.7 Å². The van der Waals surface area contributed by atoms with Crippen LogP contribution in [-0.2, 0) is 58.2 Å². The lowest BCUT2D eigenvalue weighted by atomic mass is 10.2. The van der Waals surface area contributed by atoms with Gasteiger partial charge < -0.3 is 72.0 Å². The molecule has 0 fully saturated rings. The minimum atomic E-state index is -1.70. The number of aliphatic hydroxyl groups excluding tert-OH is 4. The molecule has 0 aliphatic carbocycles. The summed E-state index contributed by atoms with van der Waals surface area (Å²) in [5.41, 5.74) is 8.46. The van der Waals surface area contributed by atoms with Gasteiger partial charge in [0.1, 0.15) is 75.0 Å². The number of ether oxygens (including phenoxy) is 6. The van der Waals surface area contributed by atoms with Crippen molar-refractivity contribution in [1.82, 2.24) is 24.2 Å². The molecule has 7 heterocycles. The van der Waals surface area contributed by atoms with Crippen molar-refractivity contribution in [3.8, 4) is 40.2 Å². The van der Waals surface area contributed by atoms with E-state index in [0.717, 1.165) is 44.9 Å². The van der Waals surface area contributed by atoms with Gasteiger partial charge in [0, 0.05) is 94.0 Å². The van der Waals surface area contributed by atoms with Gasteiger partial charge in [0.05, 0.1) is 45.5 Å². The summed E-state index contributed by atoms with van der Waals surface area (Å²) in [5, 5.41) is 49.4. The van der Waals surface area contributed by atoms with E-state index in [4.69, 9.17) is 121 Å². The largest absolute Gasteiger partial charge is 0.502 e. The van der Waals surface area contributed by atoms with Gasteiger partial charge in [0.2, 0.25) is 22.0 Å². The van der Waals surface area contributed by atoms with E-state index in [1.807, 2.05) is 97.2 Å². The van der Waals surface area contributed by atoms with E-state index < -0.39 is 19.4 Å². The number of nitrogens with one attached hydrogen (secondary N) is 1. The van der Waals surface area contributed by atoms with Gasteiger partial charge in [-0.25, -0.2) is 9.97 Å². The van der Waals surface area contributed by atoms with Gasteiger partial charge in [0.15, 0.2) is 49.0 Å². The van der Waals surface area contributed by atoms with Crippen LogP contribution < -0.4 is 44.7 Å². The van der Waals surface area contributed by atoms with Crippen LogP contribution in [0.15, 0.2) is 231 Å². The Morgan fingerprint density at radius 2 is 0.869 bits per heavy atom. The van der Waals surface area contributed by atoms with Crippen LogP contribution in [0.25, 0.3) is 11.0 Å². The van der Waals surface area contributed by atoms with Gasteiger partial charge in [-0.1, -0.05) is 243 Å². The predicted octanol–water partition coefficient (Wildman–Crippen LogP) is 24.9. The number of halogens is 7. The number of aromatic hydroxyl groups is 1. The molecule has 0 amide bonds. The van der Waals surface area contributed by atoms with Crippen molar-refractivity contribution < 1.29 is 67.6 Å². The molecule has 30 heteroatoms. The number of aldehydes is 1. The minimum Gasteiger partial charge on any atom is -0.502 e. The quantitative estimate of drug-likeness (QED) is 0.0142. The van der Waals surface area contributed by atoms with Crippen LogP contribution in [0.5, 0.6) is 40.2 Å². The number of fused-ring (bicyclic) bond motifs is 1. The third kappa shape index (κ3) is 37.6. The normalized spacial score (nSPS) is 9.85. The van der Waals surface area contributed by atoms with Gasteiger partial charge in [-0.05, 0) is 140 Å². The third-order valence-corrected chi connectivity index (χ3v) is 26.1. The molecule has 0 spiro atoms. The molecule has 12 aromatic rings. The molecule has 0 saturated heterocycles. The number of hydrogen-bond acceptors (Lipinski definition) is 20. The van der Waals surface area contributed by atoms with Crippen LogP contribution in [0.1, 0.15) is 170 Å². The van der Waals surface area contributed by atoms with Crippen molar-refractivity contribution in [2.24, 2.45) is 0 Å². The Kier molecular flexibility index (Phi) is 60.7. The molecular weight excluding hydrogens is 1860 g/mol. The SMILES string of the molecule is C.C.C.C.C.C.C.C.C.CC(C)[Si](C(C)C)(C(C)C)n1cc(I)c2cccnc21.COc1cc(C=O)ncc1OCc1ccc(Cl)cc1.COc1cc(CO)ncc1OCc1ccc(Cl)cc1.Clc1ccc(CBr)cc1.O=c1cc(CO)[nH]cc1OCc1ccc(Cl)cc1.O=c1cc(CO)occ1O.O=c1cc(CO)occ1OCc1ccc(Cl)cc1. The number of nitrogens with zero attached hydrogens (tertiary/aromatic N) is 4. The van der Waals surface area contributed by atoms with Crippen LogP contribution >= 0.6 is 96.5 Å². The Labute approximate surface area is 768 Å². The highest BCUT2D eigenvalue weighted by Crippen LogP contribution is 2.45. The molecular formula is C92H122BrCl5IN5O17Si. The maximum atomic E-state index is 11.6. The lowest BCUT2D eigenvalue weighted by Crippen LogP contribution is -2.51. The van der Waals surface area contributed by atoms with Gasteiger partial charge >= 0.3 is 0 Å². The second kappa shape index (κ2) is 62.1. The van der Waals surface area contributed by atoms with Crippen LogP contribution in [-0.4, -0.2) is 78.4 Å². The lowest BCUT2D eigenvalue weighted by Gasteiger charge is -2.44. The number of alkyl halides is 1. The fourth-order valence-electron chi connectivity index (χ4n) is 11.1. The fraction of sp³-hybridized carbons (Fsp3) is 0.315. The standard InChI is InChI=1S/C16H25IN2Si.C14H14ClNO3.C14H12ClNO3.C13H12ClNO3.C13H11ClO4.C7H6BrCl.C6H6O4.9CH4/c1-11(2)20(12(3)4,13(5)6)19-10-15(17)14-8-7-9-18-16(14)19;2*1-18-13-6-12(8-17)16-7-14(13)19-9-10-2-4-11(15)5-3-10;14-10-3-1-9(2-4-10)8-18-13-6-15-11(7-16)5-12(13)17;14-10-3-1-9(2-4-10)7-18-13-8-17-11(6-15)5-12(13)16;8-5-6-1-3-7(9)4-2-6;7-2-4-1-5(8)6(9)3-10-4;;;;;;;;;/h7-13H,1-6H3;2-7,17H,8-9H2,1H3;2-8H,9H2,1H3;1-6,16H,7-8H2,(H,15,17);1-5,8,15H,6-7H2;1-4H,5H2;1,3,7,9H,2H2;9*1H4. The van der Waals surface area contributed by atoms with Gasteiger partial charge in [-0.3, -0.25) is 24.2 Å². The van der Waals surface area contributed by atoms with Crippen molar-refractivity contribution in [3.63, 3.8) is 0 Å². The highest BCUT2D eigenvalue weighted by Gasteiger charge is 2.46. The number of hydrogen-bond donors (Lipinski definition) is 6. The Bertz CT molecular complexity index is 4960. The van der Waals surface area contributed by atoms with Gasteiger partial charge in [0.25, 0.3) is 0 Å². The maximum Gasteiger partial charge on any atom is 0.227 e. The molecule has 0 aliphatic rings. The first-order valence-electron chi connectivity index (χ1n) is 34.7. The summed E-state index contributed by atoms with van der Waals surface area (Å²) in [4.78, 5) is 59.8. The molecule has 22 nitrogen and oxygen atoms in total. The monoisotopic (exact) mass is 1980 g/mol. The number of rotatable bonds is 24. The van der Waals surface area contributed by atoms with Crippen molar-refractivity contribution in [1.29, 1.82) is 0 Å². The molecule has 0 atom stereocenters. The maximum absolute atomic E-state index is 11.6. The number of benzene rings is 5. The molecule has 0 aliphatic heterocycles. The predicted molar refractivity (Wildman–Crippen MR) is 516 cm³/mol. The summed E-state index contributed by atoms with van der Waals surface area (Å²) < 4.78 is 45.8. The van der Waals surface area contributed by atoms with Gasteiger partial charge in [-0.2, -0.15) is 0 Å². The first-order chi connectivity index (χ1) is 54.2. The zero-order chi connectivity index (χ0) is 82.6. The third-order valence-electron chi connectivity index (χ3n) is 16.6. The highest BCUT2D eigenvalue weighted by molar-refractivity contribution is 14.1. The van der Waals surface area contributed by atoms with E-state index in [-0.39, 0.29) is 134 Å². The van der Waals surface area contributed by atoms with Crippen LogP contribution in [0, 0.1) is 3.57 Å². The summed E-state index contributed by atoms with van der Waals surface area (Å²) in [6.45, 7) is 14.7. The molecule has 5 aromatic carbocycles. The highest BCUT2D eigenvalue weighted by atomic mass is 127. The molecule has 0 radical (unpaired) electrons. The summed E-state index contributed by atoms with van der Waals surface area (Å²) in [5.74, 6) is 2.29. The topological polar surface area (TPSA) is 310 Å². The van der Waals surface area contributed by atoms with E-state index in [1.54, 1.807) is 55.8 Å². The Hall–Kier alpha value is -9.07. The average Bonchev–Trinajstić information content (AvgIpc) is 1.56. The summed E-state index contributed by atoms with van der Waals surface area (Å²) in [6.07, 6.45) is 11.5. The summed E-state index contributed by atoms with van der Waals surface area (Å²) >= 11 is 34.6. The number of aromatic amines is 1. The van der Waals surface area contributed by atoms with E-state index in [2.05, 4.69) is 116 Å². The molecule has 670 valence electrons. The van der Waals surface area contributed by atoms with E-state index in [9.17, 15) is 19.2 Å². The number of aromatic nitrogens is 5. The molecule has 7 aromatic heterocycles. The fourth-order valence-corrected chi connectivity index (χ4v) is 19.7. The number of aliphatic hydroxyl groups is 4. The number of methoxy groups -OCH3 is 2. The van der Waals surface area contributed by atoms with Crippen LogP contribution in [0.3, 0.4) is 0 Å². The smallest absolute Gasteiger partial charge is 0.227 e. The Morgan fingerprint density at radius 3 is 1.24 bits per heavy atom. The van der Waals surface area contributed by atoms with Crippen molar-refractivity contribution in [2.45, 2.75) is 183 Å². The molecule has 122 heavy (non-hydrogen) atoms. The number of pyridine rings is 4.